The summed E-state index contributed by atoms with van der Waals surface area (Å²) in [6.45, 7) is 15.3. The summed E-state index contributed by atoms with van der Waals surface area (Å²) in [6, 6.07) is 8.00. The van der Waals surface area contributed by atoms with Gasteiger partial charge in [-0.1, -0.05) is 29.8 Å². The van der Waals surface area contributed by atoms with Gasteiger partial charge in [-0.2, -0.15) is 4.31 Å². The molecule has 2 aromatic carbocycles. The predicted molar refractivity (Wildman–Crippen MR) is 228 cm³/mol. The predicted octanol–water partition coefficient (Wildman–Crippen LogP) is 8.23. The molecule has 1 aromatic heterocycles. The summed E-state index contributed by atoms with van der Waals surface area (Å²) in [5.74, 6) is -4.58. The average Bonchev–Trinajstić information content (AvgIpc) is 3.42. The summed E-state index contributed by atoms with van der Waals surface area (Å²) in [7, 11) is -3.98. The Morgan fingerprint density at radius 2 is 1.66 bits per heavy atom. The molecule has 61 heavy (non-hydrogen) atoms. The number of amides is 2. The molecule has 2 aliphatic heterocycles. The van der Waals surface area contributed by atoms with Crippen molar-refractivity contribution in [2.45, 2.75) is 104 Å². The van der Waals surface area contributed by atoms with E-state index in [1.165, 1.54) is 33.5 Å². The van der Waals surface area contributed by atoms with Crippen LogP contribution < -0.4 is 15.4 Å². The quantitative estimate of drug-likeness (QED) is 0.125. The average molecular weight is 911 g/mol. The smallest absolute Gasteiger partial charge is 0.410 e. The van der Waals surface area contributed by atoms with Gasteiger partial charge in [0.1, 0.15) is 22.0 Å². The Labute approximate surface area is 364 Å². The van der Waals surface area contributed by atoms with Gasteiger partial charge >= 0.3 is 18.0 Å². The third-order valence-electron chi connectivity index (χ3n) is 9.62. The normalized spacial score (nSPS) is 17.2. The Hall–Kier alpha value is -4.52. The first kappa shape index (κ1) is 47.5. The first-order valence-corrected chi connectivity index (χ1v) is 22.6. The number of esters is 2. The molecule has 3 heterocycles. The highest BCUT2D eigenvalue weighted by Crippen LogP contribution is 2.48. The van der Waals surface area contributed by atoms with Crippen LogP contribution in [0.15, 0.2) is 36.4 Å². The summed E-state index contributed by atoms with van der Waals surface area (Å²) in [5, 5.41) is 5.67. The van der Waals surface area contributed by atoms with Gasteiger partial charge in [-0.3, -0.25) is 4.79 Å². The molecule has 2 saturated heterocycles. The second kappa shape index (κ2) is 18.4. The number of carbonyl (C=O) groups is 4. The number of anilines is 2. The monoisotopic (exact) mass is 910 g/mol. The molecule has 2 aliphatic rings. The molecule has 1 atom stereocenters. The number of nitrogens with one attached hydrogen (secondary N) is 2. The van der Waals surface area contributed by atoms with Gasteiger partial charge in [0.25, 0.3) is 0 Å². The number of halogens is 3. The van der Waals surface area contributed by atoms with Crippen LogP contribution in [0.5, 0.6) is 5.75 Å². The molecule has 3 aromatic rings. The van der Waals surface area contributed by atoms with Gasteiger partial charge in [-0.15, -0.1) is 11.3 Å². The number of hydrogen-bond acceptors (Lipinski definition) is 12. The van der Waals surface area contributed by atoms with Crippen LogP contribution in [0.25, 0.3) is 10.4 Å². The molecule has 0 saturated carbocycles. The van der Waals surface area contributed by atoms with Crippen molar-refractivity contribution in [2.75, 3.05) is 43.5 Å². The Balaban J connectivity index is 1.26. The summed E-state index contributed by atoms with van der Waals surface area (Å²) in [4.78, 5) is 52.0. The van der Waals surface area contributed by atoms with Crippen molar-refractivity contribution < 1.29 is 55.3 Å². The molecule has 0 spiro atoms. The largest absolute Gasteiger partial charge is 0.479 e. The molecular weight excluding hydrogens is 858 g/mol. The maximum atomic E-state index is 16.4. The van der Waals surface area contributed by atoms with Gasteiger partial charge in [0.05, 0.1) is 34.5 Å². The molecule has 0 aliphatic carbocycles. The molecule has 2 fully saturated rings. The number of piperidine rings is 1. The zero-order valence-electron chi connectivity index (χ0n) is 35.7. The second-order valence-corrected chi connectivity index (χ2v) is 20.8. The van der Waals surface area contributed by atoms with Crippen molar-refractivity contribution in [1.82, 2.24) is 9.21 Å². The van der Waals surface area contributed by atoms with Gasteiger partial charge in [0, 0.05) is 36.8 Å². The molecule has 2 N–H and O–H groups in total. The van der Waals surface area contributed by atoms with Gasteiger partial charge < -0.3 is 34.5 Å². The molecule has 0 bridgehead atoms. The number of ether oxygens (including phenoxy) is 4. The van der Waals surface area contributed by atoms with E-state index >= 15 is 4.39 Å². The number of nitrogens with zero attached hydrogens (tertiary/aromatic N) is 2. The maximum absolute atomic E-state index is 16.4. The lowest BCUT2D eigenvalue weighted by Crippen LogP contribution is -2.55. The van der Waals surface area contributed by atoms with Crippen LogP contribution in [0.1, 0.15) is 90.4 Å². The first-order chi connectivity index (χ1) is 28.3. The lowest BCUT2D eigenvalue weighted by atomic mass is 9.89. The van der Waals surface area contributed by atoms with E-state index in [2.05, 4.69) is 10.6 Å². The Morgan fingerprint density at radius 3 is 2.28 bits per heavy atom. The van der Waals surface area contributed by atoms with E-state index in [-0.39, 0.29) is 81.7 Å². The highest BCUT2D eigenvalue weighted by Gasteiger charge is 2.42. The zero-order valence-corrected chi connectivity index (χ0v) is 38.1. The third-order valence-corrected chi connectivity index (χ3v) is 13.3. The minimum absolute atomic E-state index is 0.0559. The zero-order chi connectivity index (χ0) is 45.2. The van der Waals surface area contributed by atoms with Crippen LogP contribution in [-0.4, -0.2) is 97.2 Å². The molecule has 0 radical (unpaired) electrons. The minimum atomic E-state index is -3.98. The van der Waals surface area contributed by atoms with Gasteiger partial charge in [0.15, 0.2) is 23.1 Å². The minimum Gasteiger partial charge on any atom is -0.479 e. The standard InChI is InChI=1S/C42H53ClF2N4O10S2/c1-10-56-31(50)22-57-34-32(43)35(60-36(34)38(52)58-40(2,3)4)27-12-11-13-29(33(27)45)46-26-16-17-49(42(8,9)19-26)61(54,55)23-24-14-15-28(44)30(18-24)47-37(51)25-20-48(21-25)39(53)59-41(5,6)7/h11-15,18,25-26,46H,10,16-17,19-23H2,1-9H3,(H,47,51)/t26-/m1/s1. The highest BCUT2D eigenvalue weighted by atomic mass is 35.5. The molecular formula is C42H53ClF2N4O10S2. The van der Waals surface area contributed by atoms with Crippen molar-refractivity contribution in [2.24, 2.45) is 5.92 Å². The first-order valence-electron chi connectivity index (χ1n) is 19.8. The number of hydrogen-bond donors (Lipinski definition) is 2. The summed E-state index contributed by atoms with van der Waals surface area (Å²) >= 11 is 7.58. The molecule has 0 unspecified atom stereocenters. The number of sulfonamides is 1. The van der Waals surface area contributed by atoms with Gasteiger partial charge in [0.2, 0.25) is 15.9 Å². The Morgan fingerprint density at radius 1 is 0.984 bits per heavy atom. The summed E-state index contributed by atoms with van der Waals surface area (Å²) < 4.78 is 81.9. The van der Waals surface area contributed by atoms with Crippen LogP contribution in [0.2, 0.25) is 5.02 Å². The summed E-state index contributed by atoms with van der Waals surface area (Å²) in [6.07, 6.45) is 0.0507. The SMILES string of the molecule is CCOC(=O)COc1c(C(=O)OC(C)(C)C)sc(-c2cccc(N[C@@H]3CCN(S(=O)(=O)Cc4ccc(F)c(NC(=O)C5CN(C(=O)OC(C)(C)C)C5)c4)C(C)(C)C3)c2F)c1Cl. The highest BCUT2D eigenvalue weighted by molar-refractivity contribution is 7.88. The fourth-order valence-electron chi connectivity index (χ4n) is 6.95. The molecule has 14 nitrogen and oxygen atoms in total. The number of rotatable bonds is 13. The number of carbonyl (C=O) groups excluding carboxylic acids is 4. The molecule has 2 amide bonds. The fourth-order valence-corrected chi connectivity index (χ4v) is 10.4. The summed E-state index contributed by atoms with van der Waals surface area (Å²) in [5.41, 5.74) is -2.25. The van der Waals surface area contributed by atoms with Crippen molar-refractivity contribution in [1.29, 1.82) is 0 Å². The van der Waals surface area contributed by atoms with Crippen molar-refractivity contribution in [3.8, 4) is 16.2 Å². The van der Waals surface area contributed by atoms with Crippen molar-refractivity contribution in [3.05, 3.63) is 63.5 Å². The van der Waals surface area contributed by atoms with Crippen LogP contribution in [0, 0.1) is 17.6 Å². The third kappa shape index (κ3) is 11.9. The van der Waals surface area contributed by atoms with E-state index in [1.54, 1.807) is 68.4 Å². The molecule has 5 rings (SSSR count). The Kier molecular flexibility index (Phi) is 14.4. The lowest BCUT2D eigenvalue weighted by Gasteiger charge is -2.45. The second-order valence-electron chi connectivity index (χ2n) is 17.5. The number of thiophene rings is 1. The van der Waals surface area contributed by atoms with Gasteiger partial charge in [-0.25, -0.2) is 31.6 Å². The van der Waals surface area contributed by atoms with Crippen LogP contribution in [0.4, 0.5) is 25.0 Å². The fraction of sp³-hybridized carbons (Fsp3) is 0.524. The maximum Gasteiger partial charge on any atom is 0.410 e. The number of likely N-dealkylation sites (tertiary alicyclic amines) is 1. The van der Waals surface area contributed by atoms with Crippen LogP contribution >= 0.6 is 22.9 Å². The lowest BCUT2D eigenvalue weighted by molar-refractivity contribution is -0.145. The number of benzene rings is 2. The molecule has 334 valence electrons. The van der Waals surface area contributed by atoms with Crippen LogP contribution in [0.3, 0.4) is 0 Å². The van der Waals surface area contributed by atoms with Crippen molar-refractivity contribution >= 4 is 68.3 Å². The van der Waals surface area contributed by atoms with E-state index in [0.717, 1.165) is 17.4 Å². The Bertz CT molecular complexity index is 2270. The van der Waals surface area contributed by atoms with E-state index < -0.39 is 80.6 Å². The van der Waals surface area contributed by atoms with Crippen LogP contribution in [-0.2, 0) is 39.6 Å². The van der Waals surface area contributed by atoms with E-state index in [1.807, 2.05) is 0 Å². The van der Waals surface area contributed by atoms with E-state index in [0.29, 0.717) is 6.42 Å². The molecule has 19 heteroatoms. The van der Waals surface area contributed by atoms with Crippen molar-refractivity contribution in [3.63, 3.8) is 0 Å². The van der Waals surface area contributed by atoms with Gasteiger partial charge in [-0.05, 0) is 98.9 Å². The van der Waals surface area contributed by atoms with E-state index in [4.69, 9.17) is 30.5 Å². The topological polar surface area (TPSA) is 170 Å². The van der Waals surface area contributed by atoms with E-state index in [9.17, 15) is 32.0 Å².